The molecule has 2 N–H and O–H groups in total. The van der Waals surface area contributed by atoms with Gasteiger partial charge in [-0.2, -0.15) is 5.26 Å². The fraction of sp³-hybridized carbons (Fsp3) is 0.263. The largest absolute Gasteiger partial charge is 0.376 e. The van der Waals surface area contributed by atoms with Crippen LogP contribution >= 0.6 is 0 Å². The molecular formula is C19H19N3O. The van der Waals surface area contributed by atoms with E-state index in [9.17, 15) is 4.79 Å². The van der Waals surface area contributed by atoms with Crippen molar-refractivity contribution in [3.63, 3.8) is 0 Å². The smallest absolute Gasteiger partial charge is 0.239 e. The molecule has 23 heavy (non-hydrogen) atoms. The molecule has 1 amide bonds. The van der Waals surface area contributed by atoms with E-state index in [1.54, 1.807) is 24.3 Å². The minimum absolute atomic E-state index is 0.0184. The Morgan fingerprint density at radius 1 is 1.13 bits per heavy atom. The van der Waals surface area contributed by atoms with Gasteiger partial charge in [-0.05, 0) is 48.6 Å². The van der Waals surface area contributed by atoms with Crippen molar-refractivity contribution in [3.8, 4) is 6.07 Å². The summed E-state index contributed by atoms with van der Waals surface area (Å²) in [5.74, 6) is 0.534. The molecule has 1 fully saturated rings. The second-order valence-corrected chi connectivity index (χ2v) is 5.84. The third-order valence-electron chi connectivity index (χ3n) is 4.04. The quantitative estimate of drug-likeness (QED) is 0.861. The summed E-state index contributed by atoms with van der Waals surface area (Å²) in [4.78, 5) is 12.2. The summed E-state index contributed by atoms with van der Waals surface area (Å²) >= 11 is 0. The first-order chi connectivity index (χ1) is 11.3. The Labute approximate surface area is 136 Å². The van der Waals surface area contributed by atoms with E-state index in [1.807, 2.05) is 18.2 Å². The van der Waals surface area contributed by atoms with Gasteiger partial charge in [0.25, 0.3) is 0 Å². The average Bonchev–Trinajstić information content (AvgIpc) is 3.44. The lowest BCUT2D eigenvalue weighted by Gasteiger charge is -2.19. The molecule has 4 nitrogen and oxygen atoms in total. The van der Waals surface area contributed by atoms with E-state index >= 15 is 0 Å². The molecule has 0 saturated heterocycles. The van der Waals surface area contributed by atoms with Crippen molar-refractivity contribution in [1.29, 1.82) is 5.26 Å². The fourth-order valence-electron chi connectivity index (χ4n) is 2.63. The zero-order valence-electron chi connectivity index (χ0n) is 12.8. The zero-order chi connectivity index (χ0) is 16.1. The molecule has 3 rings (SSSR count). The maximum atomic E-state index is 12.2. The Morgan fingerprint density at radius 3 is 2.43 bits per heavy atom. The van der Waals surface area contributed by atoms with Crippen LogP contribution in [0.15, 0.2) is 54.6 Å². The number of hydrogen-bond donors (Lipinski definition) is 2. The second-order valence-electron chi connectivity index (χ2n) is 5.84. The first kappa shape index (κ1) is 15.1. The molecule has 0 radical (unpaired) electrons. The number of carbonyl (C=O) groups is 1. The third kappa shape index (κ3) is 4.10. The van der Waals surface area contributed by atoms with Gasteiger partial charge < -0.3 is 10.6 Å². The van der Waals surface area contributed by atoms with Crippen LogP contribution in [0.3, 0.4) is 0 Å². The minimum atomic E-state index is -0.0184. The van der Waals surface area contributed by atoms with Crippen LogP contribution in [0.2, 0.25) is 0 Å². The summed E-state index contributed by atoms with van der Waals surface area (Å²) in [6.07, 6.45) is 2.34. The Balaban J connectivity index is 1.56. The molecule has 2 aromatic carbocycles. The zero-order valence-corrected chi connectivity index (χ0v) is 12.8. The highest BCUT2D eigenvalue weighted by Crippen LogP contribution is 2.40. The van der Waals surface area contributed by atoms with E-state index in [4.69, 9.17) is 5.26 Å². The van der Waals surface area contributed by atoms with Crippen molar-refractivity contribution >= 4 is 11.6 Å². The van der Waals surface area contributed by atoms with Gasteiger partial charge in [0.1, 0.15) is 0 Å². The van der Waals surface area contributed by atoms with Gasteiger partial charge in [-0.15, -0.1) is 0 Å². The van der Waals surface area contributed by atoms with Crippen LogP contribution in [0, 0.1) is 17.2 Å². The number of amides is 1. The Hall–Kier alpha value is -2.80. The van der Waals surface area contributed by atoms with E-state index in [2.05, 4.69) is 28.8 Å². The Morgan fingerprint density at radius 2 is 1.83 bits per heavy atom. The van der Waals surface area contributed by atoms with E-state index in [-0.39, 0.29) is 18.5 Å². The molecule has 1 atom stereocenters. The summed E-state index contributed by atoms with van der Waals surface area (Å²) in [7, 11) is 0. The summed E-state index contributed by atoms with van der Waals surface area (Å²) in [6.45, 7) is 0.224. The molecule has 1 unspecified atom stereocenters. The lowest BCUT2D eigenvalue weighted by atomic mass is 10.0. The normalized spacial score (nSPS) is 14.6. The maximum absolute atomic E-state index is 12.2. The second kappa shape index (κ2) is 6.97. The Kier molecular flexibility index (Phi) is 4.58. The number of rotatable bonds is 6. The number of nitrogens with zero attached hydrogens (tertiary/aromatic N) is 1. The summed E-state index contributed by atoms with van der Waals surface area (Å²) in [5.41, 5.74) is 2.61. The lowest BCUT2D eigenvalue weighted by Crippen LogP contribution is -2.34. The van der Waals surface area contributed by atoms with Gasteiger partial charge in [-0.1, -0.05) is 30.3 Å². The predicted molar refractivity (Wildman–Crippen MR) is 89.7 cm³/mol. The van der Waals surface area contributed by atoms with Crippen LogP contribution in [0.4, 0.5) is 5.69 Å². The predicted octanol–water partition coefficient (Wildman–Crippen LogP) is 3.24. The number of anilines is 1. The number of benzene rings is 2. The van der Waals surface area contributed by atoms with E-state index in [0.29, 0.717) is 11.5 Å². The molecule has 1 aliphatic carbocycles. The molecule has 0 aliphatic heterocycles. The van der Waals surface area contributed by atoms with E-state index < -0.39 is 0 Å². The molecule has 2 aromatic rings. The molecule has 0 spiro atoms. The van der Waals surface area contributed by atoms with Crippen molar-refractivity contribution in [2.45, 2.75) is 18.9 Å². The molecule has 0 heterocycles. The number of hydrogen-bond acceptors (Lipinski definition) is 3. The SMILES string of the molecule is N#Cc1ccc(NCC(=O)NC(c2ccccc2)C2CC2)cc1. The van der Waals surface area contributed by atoms with Gasteiger partial charge in [0.05, 0.1) is 24.2 Å². The summed E-state index contributed by atoms with van der Waals surface area (Å²) < 4.78 is 0. The molecular weight excluding hydrogens is 286 g/mol. The average molecular weight is 305 g/mol. The minimum Gasteiger partial charge on any atom is -0.376 e. The van der Waals surface area contributed by atoms with Crippen LogP contribution in [0.1, 0.15) is 30.0 Å². The van der Waals surface area contributed by atoms with Gasteiger partial charge in [0.2, 0.25) is 5.91 Å². The van der Waals surface area contributed by atoms with Crippen LogP contribution in [0.25, 0.3) is 0 Å². The van der Waals surface area contributed by atoms with E-state index in [1.165, 1.54) is 18.4 Å². The molecule has 1 aliphatic rings. The van der Waals surface area contributed by atoms with Crippen LogP contribution in [-0.2, 0) is 4.79 Å². The van der Waals surface area contributed by atoms with Crippen LogP contribution in [0.5, 0.6) is 0 Å². The monoisotopic (exact) mass is 305 g/mol. The number of nitriles is 1. The van der Waals surface area contributed by atoms with Gasteiger partial charge in [-0.3, -0.25) is 4.79 Å². The van der Waals surface area contributed by atoms with Crippen molar-refractivity contribution in [1.82, 2.24) is 5.32 Å². The topological polar surface area (TPSA) is 64.9 Å². The summed E-state index contributed by atoms with van der Waals surface area (Å²) in [5, 5.41) is 15.0. The number of carbonyl (C=O) groups excluding carboxylic acids is 1. The molecule has 4 heteroatoms. The first-order valence-corrected chi connectivity index (χ1v) is 7.84. The maximum Gasteiger partial charge on any atom is 0.239 e. The Bertz CT molecular complexity index is 700. The van der Waals surface area contributed by atoms with Gasteiger partial charge in [0.15, 0.2) is 0 Å². The van der Waals surface area contributed by atoms with Crippen molar-refractivity contribution in [3.05, 3.63) is 65.7 Å². The van der Waals surface area contributed by atoms with Gasteiger partial charge >= 0.3 is 0 Å². The van der Waals surface area contributed by atoms with Crippen LogP contribution in [-0.4, -0.2) is 12.5 Å². The van der Waals surface area contributed by atoms with Crippen molar-refractivity contribution < 1.29 is 4.79 Å². The molecule has 116 valence electrons. The highest BCUT2D eigenvalue weighted by molar-refractivity contribution is 5.81. The van der Waals surface area contributed by atoms with Crippen LogP contribution < -0.4 is 10.6 Å². The molecule has 0 aromatic heterocycles. The number of nitrogens with one attached hydrogen (secondary N) is 2. The first-order valence-electron chi connectivity index (χ1n) is 7.84. The lowest BCUT2D eigenvalue weighted by molar-refractivity contribution is -0.120. The summed E-state index contributed by atoms with van der Waals surface area (Å²) in [6, 6.07) is 19.4. The van der Waals surface area contributed by atoms with Crippen molar-refractivity contribution in [2.24, 2.45) is 5.92 Å². The van der Waals surface area contributed by atoms with Crippen molar-refractivity contribution in [2.75, 3.05) is 11.9 Å². The van der Waals surface area contributed by atoms with Gasteiger partial charge in [-0.25, -0.2) is 0 Å². The van der Waals surface area contributed by atoms with E-state index in [0.717, 1.165) is 5.69 Å². The third-order valence-corrected chi connectivity index (χ3v) is 4.04. The van der Waals surface area contributed by atoms with Gasteiger partial charge in [0, 0.05) is 5.69 Å². The fourth-order valence-corrected chi connectivity index (χ4v) is 2.63. The molecule has 1 saturated carbocycles. The molecule has 0 bridgehead atoms. The highest BCUT2D eigenvalue weighted by atomic mass is 16.2. The standard InChI is InChI=1S/C19H19N3O/c20-12-14-6-10-17(11-7-14)21-13-18(23)22-19(16-8-9-16)15-4-2-1-3-5-15/h1-7,10-11,16,19,21H,8-9,13H2,(H,22,23). The highest BCUT2D eigenvalue weighted by Gasteiger charge is 2.33.